The zero-order chi connectivity index (χ0) is 16.5. The molecule has 0 fully saturated rings. The third-order valence-electron chi connectivity index (χ3n) is 3.84. The highest BCUT2D eigenvalue weighted by atomic mass is 15.3. The molecule has 4 rings (SSSR count). The standard InChI is InChI=1S/C16H16N8/c1-10(2)24-6-5-17-15-16(24)22-13(8-19-15)11-3-4-12(18-7-11)14-20-9-21-23-14/h3-5,7-10H,6H2,1-2H3,(H,20,21,23). The fourth-order valence-corrected chi connectivity index (χ4v) is 2.57. The van der Waals surface area contributed by atoms with E-state index in [2.05, 4.69) is 48.9 Å². The van der Waals surface area contributed by atoms with Crippen molar-refractivity contribution < 1.29 is 0 Å². The fraction of sp³-hybridized carbons (Fsp3) is 0.250. The number of rotatable bonds is 3. The van der Waals surface area contributed by atoms with Crippen LogP contribution < -0.4 is 4.90 Å². The zero-order valence-electron chi connectivity index (χ0n) is 13.4. The van der Waals surface area contributed by atoms with E-state index in [0.717, 1.165) is 29.3 Å². The lowest BCUT2D eigenvalue weighted by Crippen LogP contribution is -2.35. The second kappa shape index (κ2) is 5.80. The first-order valence-electron chi connectivity index (χ1n) is 7.71. The molecule has 0 unspecified atom stereocenters. The van der Waals surface area contributed by atoms with E-state index in [1.807, 2.05) is 18.3 Å². The molecule has 3 aromatic rings. The smallest absolute Gasteiger partial charge is 0.195 e. The first kappa shape index (κ1) is 14.4. The number of pyridine rings is 1. The van der Waals surface area contributed by atoms with Crippen LogP contribution in [0, 0.1) is 0 Å². The Morgan fingerprint density at radius 2 is 2.00 bits per heavy atom. The highest BCUT2D eigenvalue weighted by Gasteiger charge is 2.20. The normalized spacial score (nSPS) is 13.4. The number of hydrogen-bond donors (Lipinski definition) is 1. The van der Waals surface area contributed by atoms with Gasteiger partial charge in [-0.25, -0.2) is 19.9 Å². The van der Waals surface area contributed by atoms with Gasteiger partial charge in [-0.05, 0) is 26.0 Å². The summed E-state index contributed by atoms with van der Waals surface area (Å²) < 4.78 is 0. The third kappa shape index (κ3) is 2.51. The topological polar surface area (TPSA) is 95.8 Å². The molecule has 120 valence electrons. The Balaban J connectivity index is 1.70. The van der Waals surface area contributed by atoms with E-state index in [0.29, 0.717) is 17.7 Å². The predicted octanol–water partition coefficient (Wildman–Crippen LogP) is 2.25. The van der Waals surface area contributed by atoms with E-state index in [-0.39, 0.29) is 0 Å². The van der Waals surface area contributed by atoms with Crippen LogP contribution in [0.2, 0.25) is 0 Å². The van der Waals surface area contributed by atoms with Gasteiger partial charge < -0.3 is 4.90 Å². The lowest BCUT2D eigenvalue weighted by atomic mass is 10.2. The van der Waals surface area contributed by atoms with Gasteiger partial charge in [-0.2, -0.15) is 5.10 Å². The fourth-order valence-electron chi connectivity index (χ4n) is 2.57. The Morgan fingerprint density at radius 3 is 2.71 bits per heavy atom. The Morgan fingerprint density at radius 1 is 1.08 bits per heavy atom. The van der Waals surface area contributed by atoms with Crippen molar-refractivity contribution in [3.8, 4) is 22.8 Å². The average Bonchev–Trinajstić information content (AvgIpc) is 3.15. The molecular formula is C16H16N8. The highest BCUT2D eigenvalue weighted by Crippen LogP contribution is 2.30. The van der Waals surface area contributed by atoms with Crippen LogP contribution in [-0.4, -0.2) is 48.9 Å². The molecule has 0 radical (unpaired) electrons. The molecule has 8 nitrogen and oxygen atoms in total. The minimum Gasteiger partial charge on any atom is -0.346 e. The highest BCUT2D eigenvalue weighted by molar-refractivity contribution is 5.79. The number of aromatic amines is 1. The van der Waals surface area contributed by atoms with Crippen molar-refractivity contribution in [1.82, 2.24) is 30.1 Å². The summed E-state index contributed by atoms with van der Waals surface area (Å²) >= 11 is 0. The molecule has 0 aromatic carbocycles. The van der Waals surface area contributed by atoms with Gasteiger partial charge >= 0.3 is 0 Å². The van der Waals surface area contributed by atoms with Crippen molar-refractivity contribution in [2.24, 2.45) is 4.99 Å². The van der Waals surface area contributed by atoms with Crippen molar-refractivity contribution in [2.45, 2.75) is 19.9 Å². The quantitative estimate of drug-likeness (QED) is 0.795. The Hall–Kier alpha value is -3.16. The van der Waals surface area contributed by atoms with Crippen LogP contribution in [0.5, 0.6) is 0 Å². The third-order valence-corrected chi connectivity index (χ3v) is 3.84. The molecule has 0 amide bonds. The lowest BCUT2D eigenvalue weighted by Gasteiger charge is -2.29. The molecule has 24 heavy (non-hydrogen) atoms. The predicted molar refractivity (Wildman–Crippen MR) is 91.3 cm³/mol. The number of nitrogens with one attached hydrogen (secondary N) is 1. The second-order valence-corrected chi connectivity index (χ2v) is 5.73. The van der Waals surface area contributed by atoms with Crippen LogP contribution in [-0.2, 0) is 0 Å². The zero-order valence-corrected chi connectivity index (χ0v) is 13.4. The Kier molecular flexibility index (Phi) is 3.49. The van der Waals surface area contributed by atoms with Crippen molar-refractivity contribution in [3.05, 3.63) is 30.9 Å². The van der Waals surface area contributed by atoms with Gasteiger partial charge in [0, 0.05) is 24.0 Å². The first-order valence-corrected chi connectivity index (χ1v) is 7.71. The second-order valence-electron chi connectivity index (χ2n) is 5.73. The van der Waals surface area contributed by atoms with Gasteiger partial charge in [-0.3, -0.25) is 10.1 Å². The summed E-state index contributed by atoms with van der Waals surface area (Å²) in [6.07, 6.45) is 6.82. The molecule has 0 spiro atoms. The monoisotopic (exact) mass is 320 g/mol. The molecule has 0 aliphatic carbocycles. The van der Waals surface area contributed by atoms with Crippen LogP contribution >= 0.6 is 0 Å². The number of anilines is 1. The summed E-state index contributed by atoms with van der Waals surface area (Å²) in [6, 6.07) is 4.16. The summed E-state index contributed by atoms with van der Waals surface area (Å²) in [5.74, 6) is 2.10. The van der Waals surface area contributed by atoms with E-state index >= 15 is 0 Å². The number of aliphatic imine (C=N–C) groups is 1. The van der Waals surface area contributed by atoms with Crippen molar-refractivity contribution in [3.63, 3.8) is 0 Å². The summed E-state index contributed by atoms with van der Waals surface area (Å²) in [5.41, 5.74) is 2.40. The maximum Gasteiger partial charge on any atom is 0.195 e. The maximum atomic E-state index is 4.75. The van der Waals surface area contributed by atoms with Crippen LogP contribution in [0.1, 0.15) is 13.8 Å². The van der Waals surface area contributed by atoms with Crippen molar-refractivity contribution >= 4 is 17.9 Å². The minimum absolute atomic E-state index is 0.326. The Bertz CT molecular complexity index is 868. The molecule has 1 aliphatic rings. The molecule has 0 saturated carbocycles. The van der Waals surface area contributed by atoms with Crippen molar-refractivity contribution in [2.75, 3.05) is 11.4 Å². The van der Waals surface area contributed by atoms with Gasteiger partial charge in [0.25, 0.3) is 0 Å². The molecule has 0 bridgehead atoms. The molecule has 3 aromatic heterocycles. The first-order chi connectivity index (χ1) is 11.7. The summed E-state index contributed by atoms with van der Waals surface area (Å²) in [5, 5.41) is 6.63. The molecule has 4 heterocycles. The summed E-state index contributed by atoms with van der Waals surface area (Å²) in [4.78, 5) is 24.2. The van der Waals surface area contributed by atoms with E-state index in [1.165, 1.54) is 6.33 Å². The Labute approximate surface area is 138 Å². The van der Waals surface area contributed by atoms with E-state index in [9.17, 15) is 0 Å². The number of hydrogen-bond acceptors (Lipinski definition) is 7. The molecule has 8 heteroatoms. The van der Waals surface area contributed by atoms with Gasteiger partial charge in [-0.15, -0.1) is 0 Å². The van der Waals surface area contributed by atoms with Gasteiger partial charge in [0.05, 0.1) is 18.4 Å². The van der Waals surface area contributed by atoms with E-state index in [4.69, 9.17) is 4.98 Å². The van der Waals surface area contributed by atoms with Gasteiger partial charge in [0.1, 0.15) is 12.0 Å². The van der Waals surface area contributed by atoms with E-state index < -0.39 is 0 Å². The van der Waals surface area contributed by atoms with Crippen LogP contribution in [0.4, 0.5) is 11.6 Å². The van der Waals surface area contributed by atoms with Crippen LogP contribution in [0.3, 0.4) is 0 Å². The van der Waals surface area contributed by atoms with Crippen LogP contribution in [0.25, 0.3) is 22.8 Å². The number of nitrogens with zero attached hydrogens (tertiary/aromatic N) is 7. The number of H-pyrrole nitrogens is 1. The largest absolute Gasteiger partial charge is 0.346 e. The maximum absolute atomic E-state index is 4.75. The molecule has 1 aliphatic heterocycles. The molecular weight excluding hydrogens is 304 g/mol. The van der Waals surface area contributed by atoms with Gasteiger partial charge in [0.15, 0.2) is 17.5 Å². The number of aromatic nitrogens is 6. The molecule has 0 saturated heterocycles. The van der Waals surface area contributed by atoms with Crippen molar-refractivity contribution in [1.29, 1.82) is 0 Å². The lowest BCUT2D eigenvalue weighted by molar-refractivity contribution is 0.718. The molecule has 1 N–H and O–H groups in total. The van der Waals surface area contributed by atoms with E-state index in [1.54, 1.807) is 12.4 Å². The SMILES string of the molecule is CC(C)N1CC=Nc2ncc(-c3ccc(-c4ncn[nH]4)nc3)nc21. The number of fused-ring (bicyclic) bond motifs is 1. The average molecular weight is 320 g/mol. The van der Waals surface area contributed by atoms with Gasteiger partial charge in [-0.1, -0.05) is 0 Å². The molecule has 0 atom stereocenters. The summed E-state index contributed by atoms with van der Waals surface area (Å²) in [7, 11) is 0. The summed E-state index contributed by atoms with van der Waals surface area (Å²) in [6.45, 7) is 5.00. The van der Waals surface area contributed by atoms with Gasteiger partial charge in [0.2, 0.25) is 0 Å². The van der Waals surface area contributed by atoms with Crippen LogP contribution in [0.15, 0.2) is 35.8 Å². The minimum atomic E-state index is 0.326.